The molecule has 1 aliphatic rings. The second-order valence-electron chi connectivity index (χ2n) is 7.62. The van der Waals surface area contributed by atoms with Gasteiger partial charge >= 0.3 is 30.1 Å². The number of rotatable bonds is 8. The number of esters is 4. The number of nitro groups is 1. The van der Waals surface area contributed by atoms with Crippen LogP contribution in [0, 0.1) is 10.1 Å². The van der Waals surface area contributed by atoms with Crippen molar-refractivity contribution in [2.24, 2.45) is 0 Å². The highest BCUT2D eigenvalue weighted by Gasteiger charge is 2.54. The number of benzene rings is 1. The number of carbonyl (C=O) groups excluding carboxylic acids is 4. The third kappa shape index (κ3) is 8.03. The molecular formula is C21H22F3NO12. The summed E-state index contributed by atoms with van der Waals surface area (Å²) in [6.07, 6.45) is -13.6. The van der Waals surface area contributed by atoms with Crippen molar-refractivity contribution < 1.29 is 65.7 Å². The zero-order chi connectivity index (χ0) is 28.1. The number of hydrogen-bond donors (Lipinski definition) is 0. The number of nitro benzene ring substituents is 1. The van der Waals surface area contributed by atoms with E-state index in [-0.39, 0.29) is 6.07 Å². The number of nitrogens with zero attached hydrogens (tertiary/aromatic N) is 1. The van der Waals surface area contributed by atoms with E-state index in [2.05, 4.69) is 0 Å². The van der Waals surface area contributed by atoms with Crippen LogP contribution in [0.2, 0.25) is 0 Å². The Morgan fingerprint density at radius 2 is 1.46 bits per heavy atom. The standard InChI is InChI=1S/C21H22F3NO12/c1-9(26)32-8-16-17(33-10(2)27)18(34-11(3)28)19(35-12(4)29)20(37-16)36-15-6-5-13(25(30)31)7-14(15)21(22,23)24/h5-7,16-20H,8H2,1-4H3/t16-,17+,18+,19-,20+/m1/s1. The zero-order valence-electron chi connectivity index (χ0n) is 19.8. The van der Waals surface area contributed by atoms with Crippen molar-refractivity contribution >= 4 is 29.6 Å². The van der Waals surface area contributed by atoms with Crippen LogP contribution in [0.25, 0.3) is 0 Å². The third-order valence-corrected chi connectivity index (χ3v) is 4.67. The van der Waals surface area contributed by atoms with E-state index in [1.165, 1.54) is 0 Å². The Balaban J connectivity index is 2.60. The summed E-state index contributed by atoms with van der Waals surface area (Å²) in [5, 5.41) is 11.0. The van der Waals surface area contributed by atoms with Crippen LogP contribution in [0.15, 0.2) is 18.2 Å². The third-order valence-electron chi connectivity index (χ3n) is 4.67. The Labute approximate surface area is 206 Å². The van der Waals surface area contributed by atoms with Crippen LogP contribution in [-0.4, -0.2) is 66.1 Å². The molecule has 1 aliphatic heterocycles. The van der Waals surface area contributed by atoms with E-state index in [0.29, 0.717) is 6.07 Å². The highest BCUT2D eigenvalue weighted by atomic mass is 19.4. The van der Waals surface area contributed by atoms with Crippen LogP contribution < -0.4 is 4.74 Å². The zero-order valence-corrected chi connectivity index (χ0v) is 19.8. The fraction of sp³-hybridized carbons (Fsp3) is 0.524. The molecule has 5 atom stereocenters. The first kappa shape index (κ1) is 29.3. The maximum absolute atomic E-state index is 13.7. The Kier molecular flexibility index (Phi) is 9.38. The number of alkyl halides is 3. The molecule has 37 heavy (non-hydrogen) atoms. The normalized spacial score (nSPS) is 23.4. The van der Waals surface area contributed by atoms with Gasteiger partial charge in [0.1, 0.15) is 24.0 Å². The minimum absolute atomic E-state index is 0.223. The molecule has 0 aromatic heterocycles. The maximum Gasteiger partial charge on any atom is 0.420 e. The van der Waals surface area contributed by atoms with Gasteiger partial charge in [0.2, 0.25) is 12.4 Å². The van der Waals surface area contributed by atoms with Gasteiger partial charge in [0.15, 0.2) is 12.2 Å². The summed E-state index contributed by atoms with van der Waals surface area (Å²) < 4.78 is 72.3. The SMILES string of the molecule is CC(=O)OC[C@H]1O[C@H](Oc2ccc([N+](=O)[O-])cc2C(F)(F)F)[C@H](OC(C)=O)[C@@H](OC(C)=O)[C@H]1OC(C)=O. The predicted molar refractivity (Wildman–Crippen MR) is 111 cm³/mol. The predicted octanol–water partition coefficient (Wildman–Crippen LogP) is 2.08. The number of ether oxygens (including phenoxy) is 6. The molecular weight excluding hydrogens is 515 g/mol. The molecule has 0 saturated carbocycles. The first-order valence-corrected chi connectivity index (χ1v) is 10.4. The molecule has 204 valence electrons. The Hall–Kier alpha value is -3.95. The van der Waals surface area contributed by atoms with Crippen LogP contribution >= 0.6 is 0 Å². The fourth-order valence-corrected chi connectivity index (χ4v) is 3.36. The van der Waals surface area contributed by atoms with Gasteiger partial charge in [-0.05, 0) is 6.07 Å². The lowest BCUT2D eigenvalue weighted by Crippen LogP contribution is -2.63. The van der Waals surface area contributed by atoms with E-state index in [1.807, 2.05) is 0 Å². The number of non-ortho nitro benzene ring substituents is 1. The molecule has 1 aromatic rings. The van der Waals surface area contributed by atoms with Gasteiger partial charge in [-0.3, -0.25) is 29.3 Å². The van der Waals surface area contributed by atoms with E-state index in [1.54, 1.807) is 0 Å². The lowest BCUT2D eigenvalue weighted by molar-refractivity contribution is -0.385. The van der Waals surface area contributed by atoms with E-state index in [0.717, 1.165) is 33.8 Å². The minimum Gasteiger partial charge on any atom is -0.463 e. The average Bonchev–Trinajstić information content (AvgIpc) is 2.74. The summed E-state index contributed by atoms with van der Waals surface area (Å²) in [6, 6.07) is 1.60. The summed E-state index contributed by atoms with van der Waals surface area (Å²) in [7, 11) is 0. The van der Waals surface area contributed by atoms with Crippen molar-refractivity contribution in [3.05, 3.63) is 33.9 Å². The van der Waals surface area contributed by atoms with Gasteiger partial charge in [0.25, 0.3) is 5.69 Å². The monoisotopic (exact) mass is 537 g/mol. The molecule has 2 rings (SSSR count). The smallest absolute Gasteiger partial charge is 0.420 e. The number of carbonyl (C=O) groups is 4. The Morgan fingerprint density at radius 3 is 1.95 bits per heavy atom. The molecule has 0 aliphatic carbocycles. The largest absolute Gasteiger partial charge is 0.463 e. The second-order valence-corrected chi connectivity index (χ2v) is 7.62. The van der Waals surface area contributed by atoms with Gasteiger partial charge in [-0.25, -0.2) is 0 Å². The van der Waals surface area contributed by atoms with Gasteiger partial charge in [0.05, 0.1) is 4.92 Å². The van der Waals surface area contributed by atoms with Gasteiger partial charge in [0, 0.05) is 39.8 Å². The van der Waals surface area contributed by atoms with Crippen molar-refractivity contribution in [1.29, 1.82) is 0 Å². The number of hydrogen-bond acceptors (Lipinski definition) is 12. The summed E-state index contributed by atoms with van der Waals surface area (Å²) in [5.74, 6) is -4.63. The molecule has 0 N–H and O–H groups in total. The first-order valence-electron chi connectivity index (χ1n) is 10.4. The van der Waals surface area contributed by atoms with Crippen LogP contribution in [0.4, 0.5) is 18.9 Å². The molecule has 0 unspecified atom stereocenters. The van der Waals surface area contributed by atoms with E-state index >= 15 is 0 Å². The maximum atomic E-state index is 13.7. The molecule has 0 spiro atoms. The van der Waals surface area contributed by atoms with E-state index in [9.17, 15) is 42.5 Å². The molecule has 0 radical (unpaired) electrons. The van der Waals surface area contributed by atoms with E-state index in [4.69, 9.17) is 28.4 Å². The van der Waals surface area contributed by atoms with Crippen molar-refractivity contribution in [2.45, 2.75) is 64.6 Å². The topological polar surface area (TPSA) is 167 Å². The lowest BCUT2D eigenvalue weighted by Gasteiger charge is -2.44. The first-order chi connectivity index (χ1) is 17.1. The lowest BCUT2D eigenvalue weighted by atomic mass is 9.98. The Bertz CT molecular complexity index is 1060. The van der Waals surface area contributed by atoms with Crippen LogP contribution in [-0.2, 0) is 49.0 Å². The van der Waals surface area contributed by atoms with Crippen LogP contribution in [0.3, 0.4) is 0 Å². The molecule has 1 fully saturated rings. The van der Waals surface area contributed by atoms with Gasteiger partial charge in [-0.15, -0.1) is 0 Å². The van der Waals surface area contributed by atoms with Gasteiger partial charge < -0.3 is 28.4 Å². The Morgan fingerprint density at radius 1 is 0.919 bits per heavy atom. The molecule has 16 heteroatoms. The summed E-state index contributed by atoms with van der Waals surface area (Å²) in [5.41, 5.74) is -2.45. The summed E-state index contributed by atoms with van der Waals surface area (Å²) in [6.45, 7) is 3.28. The van der Waals surface area contributed by atoms with Crippen molar-refractivity contribution in [1.82, 2.24) is 0 Å². The molecule has 0 bridgehead atoms. The van der Waals surface area contributed by atoms with Crippen molar-refractivity contribution in [3.8, 4) is 5.75 Å². The molecule has 1 saturated heterocycles. The second kappa shape index (κ2) is 11.9. The minimum atomic E-state index is -5.13. The molecule has 1 aromatic carbocycles. The van der Waals surface area contributed by atoms with Crippen molar-refractivity contribution in [3.63, 3.8) is 0 Å². The highest BCUT2D eigenvalue weighted by molar-refractivity contribution is 5.68. The summed E-state index contributed by atoms with van der Waals surface area (Å²) in [4.78, 5) is 56.6. The highest BCUT2D eigenvalue weighted by Crippen LogP contribution is 2.40. The van der Waals surface area contributed by atoms with Gasteiger partial charge in [-0.1, -0.05) is 0 Å². The summed E-state index contributed by atoms with van der Waals surface area (Å²) >= 11 is 0. The quantitative estimate of drug-likeness (QED) is 0.205. The molecule has 0 amide bonds. The van der Waals surface area contributed by atoms with E-state index < -0.39 is 89.3 Å². The van der Waals surface area contributed by atoms with Crippen LogP contribution in [0.1, 0.15) is 33.3 Å². The van der Waals surface area contributed by atoms with Crippen molar-refractivity contribution in [2.75, 3.05) is 6.61 Å². The van der Waals surface area contributed by atoms with Gasteiger partial charge in [-0.2, -0.15) is 13.2 Å². The van der Waals surface area contributed by atoms with Crippen LogP contribution in [0.5, 0.6) is 5.75 Å². The average molecular weight is 537 g/mol. The number of halogens is 3. The fourth-order valence-electron chi connectivity index (χ4n) is 3.36. The molecule has 13 nitrogen and oxygen atoms in total. The molecule has 1 heterocycles.